The Labute approximate surface area is 532 Å². The number of hydrogen-bond acceptors (Lipinski definition) is 18. The molecule has 0 aliphatic rings. The highest BCUT2D eigenvalue weighted by Crippen LogP contribution is 2.43. The van der Waals surface area contributed by atoms with Crippen molar-refractivity contribution in [1.82, 2.24) is 30.6 Å². The molecule has 0 bridgehead atoms. The number of rotatable bonds is 54. The van der Waals surface area contributed by atoms with E-state index in [1.165, 1.54) is 116 Å². The Morgan fingerprint density at radius 1 is 0.618 bits per heavy atom. The quantitative estimate of drug-likeness (QED) is 0.0115. The number of nitrogens with one attached hydrogen (secondary N) is 2. The number of anilines is 3. The first-order chi connectivity index (χ1) is 42.8. The average Bonchev–Trinajstić information content (AvgIpc) is 1.32. The lowest BCUT2D eigenvalue weighted by molar-refractivity contribution is -0.870. The number of phosphoric ester groups is 1. The maximum absolute atomic E-state index is 13.7. The summed E-state index contributed by atoms with van der Waals surface area (Å²) in [4.78, 5) is 95.3. The lowest BCUT2D eigenvalue weighted by atomic mass is 10.0. The van der Waals surface area contributed by atoms with Gasteiger partial charge in [-0.2, -0.15) is 9.97 Å². The van der Waals surface area contributed by atoms with Crippen molar-refractivity contribution in [3.8, 4) is 0 Å². The van der Waals surface area contributed by atoms with Gasteiger partial charge in [-0.05, 0) is 56.4 Å². The summed E-state index contributed by atoms with van der Waals surface area (Å²) in [6.07, 6.45) is 33.8. The summed E-state index contributed by atoms with van der Waals surface area (Å²) in [6, 6.07) is 5.86. The number of carbonyl (C=O) groups excluding carboxylic acids is 5. The van der Waals surface area contributed by atoms with Gasteiger partial charge in [0.25, 0.3) is 5.91 Å². The summed E-state index contributed by atoms with van der Waals surface area (Å²) < 4.78 is 40.2. The summed E-state index contributed by atoms with van der Waals surface area (Å²) in [6.45, 7) is 5.03. The zero-order chi connectivity index (χ0) is 65.0. The van der Waals surface area contributed by atoms with Crippen LogP contribution in [-0.4, -0.2) is 139 Å². The number of esters is 3. The van der Waals surface area contributed by atoms with E-state index in [9.17, 15) is 33.4 Å². The van der Waals surface area contributed by atoms with Gasteiger partial charge in [-0.15, -0.1) is 0 Å². The van der Waals surface area contributed by atoms with Crippen LogP contribution in [-0.2, 0) is 53.5 Å². The number of phosphoric acid groups is 1. The number of nitrogen functional groups attached to an aromatic ring is 2. The van der Waals surface area contributed by atoms with Crippen molar-refractivity contribution < 1.29 is 61.2 Å². The molecule has 7 N–H and O–H groups in total. The number of fused-ring (bicyclic) bond motifs is 1. The Kier molecular flexibility index (Phi) is 40.6. The molecular formula is C66H114N10O12P+. The number of nitrogens with zero attached hydrogens (tertiary/aromatic N) is 6. The Morgan fingerprint density at radius 2 is 1.13 bits per heavy atom. The number of nitrogens with two attached hydrogens (primary N) is 2. The molecule has 2 amide bonds. The summed E-state index contributed by atoms with van der Waals surface area (Å²) in [5, 5.41) is 5.77. The van der Waals surface area contributed by atoms with E-state index in [-0.39, 0.29) is 50.7 Å². The smallest absolute Gasteiger partial charge is 0.466 e. The first-order valence-electron chi connectivity index (χ1n) is 33.7. The van der Waals surface area contributed by atoms with Crippen LogP contribution in [0.1, 0.15) is 248 Å². The maximum atomic E-state index is 13.7. The Hall–Kier alpha value is -5.54. The van der Waals surface area contributed by atoms with Gasteiger partial charge in [0, 0.05) is 44.1 Å². The molecule has 23 heteroatoms. The second-order valence-electron chi connectivity index (χ2n) is 24.8. The summed E-state index contributed by atoms with van der Waals surface area (Å²) >= 11 is 0. The van der Waals surface area contributed by atoms with E-state index < -0.39 is 56.3 Å². The molecule has 2 heterocycles. The molecule has 0 spiro atoms. The molecule has 0 radical (unpaired) electrons. The third kappa shape index (κ3) is 38.0. The van der Waals surface area contributed by atoms with Gasteiger partial charge >= 0.3 is 25.7 Å². The average molecular weight is 1270 g/mol. The Morgan fingerprint density at radius 3 is 1.70 bits per heavy atom. The van der Waals surface area contributed by atoms with Gasteiger partial charge in [-0.3, -0.25) is 33.0 Å². The molecule has 0 fully saturated rings. The molecule has 0 aliphatic heterocycles. The van der Waals surface area contributed by atoms with Gasteiger partial charge in [0.1, 0.15) is 25.8 Å². The first kappa shape index (κ1) is 77.7. The lowest BCUT2D eigenvalue weighted by Gasteiger charge is -2.24. The van der Waals surface area contributed by atoms with Gasteiger partial charge in [-0.1, -0.05) is 181 Å². The van der Waals surface area contributed by atoms with Gasteiger partial charge in [0.2, 0.25) is 11.9 Å². The van der Waals surface area contributed by atoms with Crippen LogP contribution in [0.2, 0.25) is 0 Å². The predicted molar refractivity (Wildman–Crippen MR) is 352 cm³/mol. The highest BCUT2D eigenvalue weighted by Gasteiger charge is 2.28. The topological polar surface area (TPSA) is 300 Å². The van der Waals surface area contributed by atoms with Crippen LogP contribution in [0.3, 0.4) is 0 Å². The molecule has 0 aliphatic carbocycles. The molecule has 89 heavy (non-hydrogen) atoms. The largest absolute Gasteiger partial charge is 0.472 e. The van der Waals surface area contributed by atoms with E-state index in [1.807, 2.05) is 33.1 Å². The van der Waals surface area contributed by atoms with Crippen molar-refractivity contribution in [3.63, 3.8) is 0 Å². The van der Waals surface area contributed by atoms with Crippen molar-refractivity contribution in [3.05, 3.63) is 41.7 Å². The van der Waals surface area contributed by atoms with Crippen LogP contribution in [0, 0.1) is 0 Å². The van der Waals surface area contributed by atoms with Crippen LogP contribution >= 0.6 is 7.82 Å². The number of hydrogen-bond donors (Lipinski definition) is 5. The highest BCUT2D eigenvalue weighted by molar-refractivity contribution is 7.47. The van der Waals surface area contributed by atoms with E-state index >= 15 is 0 Å². The predicted octanol–water partition coefficient (Wildman–Crippen LogP) is 12.6. The van der Waals surface area contributed by atoms with E-state index in [1.54, 1.807) is 30.5 Å². The zero-order valence-electron chi connectivity index (χ0n) is 55.3. The number of unbranched alkanes of at least 4 members (excludes halogenated alkanes) is 27. The second kappa shape index (κ2) is 46.5. The van der Waals surface area contributed by atoms with Crippen molar-refractivity contribution >= 4 is 66.2 Å². The zero-order valence-corrected chi connectivity index (χ0v) is 56.2. The summed E-state index contributed by atoms with van der Waals surface area (Å²) in [5.74, 6) is -2.20. The Bertz CT molecular complexity index is 2500. The van der Waals surface area contributed by atoms with Crippen LogP contribution in [0.15, 0.2) is 30.5 Å². The number of aromatic nitrogens is 4. The fourth-order valence-corrected chi connectivity index (χ4v) is 10.8. The SMILES string of the molecule is CCCCCCCCCCCCCCCCCC(=O)OCC(COP(=O)(O)OCC[N+](C)(C)C)OC(=O)CCCCCCCNC(=O)[C@@H](CCC(=O)OCCCCCCCCCCCC)NC(=O)c1ccc(N(C)Cc2cnc3nc(N)nc(N)c3n2)cc1. The fraction of sp³-hybridized carbons (Fsp3) is 0.742. The monoisotopic (exact) mass is 1270 g/mol. The van der Waals surface area contributed by atoms with Crippen LogP contribution in [0.4, 0.5) is 17.5 Å². The molecule has 2 unspecified atom stereocenters. The van der Waals surface area contributed by atoms with E-state index in [4.69, 9.17) is 34.7 Å². The molecule has 3 rings (SSSR count). The minimum atomic E-state index is -4.50. The minimum absolute atomic E-state index is 0.00898. The fourth-order valence-electron chi connectivity index (χ4n) is 10.0. The standard InChI is InChI=1S/C66H113N10O12P/c1-7-9-11-13-15-17-19-20-21-22-23-24-26-29-33-37-58(77)85-51-56(52-87-89(82,83)86-48-46-76(4,5)6)88-60(79)38-34-30-28-31-35-45-69-65(81)57(43-44-59(78)84-47-36-32-27-25-18-16-14-12-10-8-2)72-64(80)53-39-41-55(42-40-53)75(3)50-54-49-70-63-61(71-54)62(67)73-66(68)74-63/h39-42,49,56-57H,7-38,43-48,50-52H2,1-6H3,(H6-,67,68,69,70,72,73,74,80,81,82,83)/p+1/t56?,57-/m1/s1. The van der Waals surface area contributed by atoms with Gasteiger partial charge in [0.15, 0.2) is 23.1 Å². The number of quaternary nitrogens is 1. The van der Waals surface area contributed by atoms with Crippen molar-refractivity contribution in [2.75, 3.05) is 84.1 Å². The van der Waals surface area contributed by atoms with E-state index in [0.29, 0.717) is 78.8 Å². The van der Waals surface area contributed by atoms with Crippen molar-refractivity contribution in [1.29, 1.82) is 0 Å². The number of ether oxygens (including phenoxy) is 3. The maximum Gasteiger partial charge on any atom is 0.472 e. The molecule has 0 saturated carbocycles. The van der Waals surface area contributed by atoms with Gasteiger partial charge < -0.3 is 50.6 Å². The third-order valence-corrected chi connectivity index (χ3v) is 16.5. The first-order valence-corrected chi connectivity index (χ1v) is 35.2. The van der Waals surface area contributed by atoms with E-state index in [0.717, 1.165) is 57.1 Å². The van der Waals surface area contributed by atoms with Crippen molar-refractivity contribution in [2.24, 2.45) is 0 Å². The molecule has 504 valence electrons. The molecular weight excluding hydrogens is 1160 g/mol. The normalized spacial score (nSPS) is 12.9. The molecule has 3 aromatic rings. The number of benzene rings is 1. The number of likely N-dealkylation sites (N-methyl/N-ethyl adjacent to an activating group) is 1. The van der Waals surface area contributed by atoms with Crippen LogP contribution < -0.4 is 27.0 Å². The van der Waals surface area contributed by atoms with Crippen molar-refractivity contribution in [2.45, 2.75) is 251 Å². The second-order valence-corrected chi connectivity index (χ2v) is 26.2. The van der Waals surface area contributed by atoms with E-state index in [2.05, 4.69) is 44.4 Å². The molecule has 1 aromatic carbocycles. The number of carbonyl (C=O) groups is 5. The molecule has 0 saturated heterocycles. The molecule has 3 atom stereocenters. The van der Waals surface area contributed by atoms with Gasteiger partial charge in [-0.25, -0.2) is 14.5 Å². The summed E-state index contributed by atoms with van der Waals surface area (Å²) in [5.41, 5.74) is 14.1. The third-order valence-electron chi connectivity index (χ3n) is 15.5. The number of amides is 2. The lowest BCUT2D eigenvalue weighted by Crippen LogP contribution is -2.47. The summed E-state index contributed by atoms with van der Waals surface area (Å²) in [7, 11) is 3.12. The Balaban J connectivity index is 1.46. The highest BCUT2D eigenvalue weighted by atomic mass is 31.2. The molecule has 2 aromatic heterocycles. The minimum Gasteiger partial charge on any atom is -0.466 e. The molecule has 22 nitrogen and oxygen atoms in total. The van der Waals surface area contributed by atoms with Crippen LogP contribution in [0.5, 0.6) is 0 Å². The van der Waals surface area contributed by atoms with Gasteiger partial charge in [0.05, 0.1) is 52.8 Å². The van der Waals surface area contributed by atoms with Crippen LogP contribution in [0.25, 0.3) is 11.2 Å².